The molecule has 2 aromatic carbocycles. The third-order valence-corrected chi connectivity index (χ3v) is 5.02. The predicted molar refractivity (Wildman–Crippen MR) is 109 cm³/mol. The van der Waals surface area contributed by atoms with E-state index in [0.29, 0.717) is 10.9 Å². The Morgan fingerprint density at radius 1 is 1.06 bits per heavy atom. The van der Waals surface area contributed by atoms with Gasteiger partial charge in [-0.2, -0.15) is 13.2 Å². The van der Waals surface area contributed by atoms with Crippen molar-refractivity contribution in [1.29, 1.82) is 0 Å². The molecule has 0 amide bonds. The van der Waals surface area contributed by atoms with Crippen molar-refractivity contribution in [2.24, 2.45) is 0 Å². The van der Waals surface area contributed by atoms with Crippen LogP contribution < -0.4 is 10.2 Å². The molecular formula is C22H12ClF5N2O2. The molecular weight excluding hydrogens is 455 g/mol. The SMILES string of the molecule is Cc1c(Oc2nc(C(F)(F)F)c(Cl)cc2-c2cc(=O)c3ccccc3[nH]2)ccc(F)c1F. The number of pyridine rings is 2. The van der Waals surface area contributed by atoms with E-state index in [4.69, 9.17) is 16.3 Å². The van der Waals surface area contributed by atoms with Crippen LogP contribution in [-0.4, -0.2) is 9.97 Å². The largest absolute Gasteiger partial charge is 0.438 e. The third kappa shape index (κ3) is 3.91. The molecule has 0 saturated heterocycles. The smallest absolute Gasteiger partial charge is 0.434 e. The van der Waals surface area contributed by atoms with Crippen LogP contribution in [0.25, 0.3) is 22.2 Å². The molecule has 164 valence electrons. The van der Waals surface area contributed by atoms with Crippen LogP contribution in [-0.2, 0) is 6.18 Å². The van der Waals surface area contributed by atoms with E-state index < -0.39 is 39.8 Å². The van der Waals surface area contributed by atoms with Crippen LogP contribution in [0.2, 0.25) is 5.02 Å². The minimum Gasteiger partial charge on any atom is -0.438 e. The fraction of sp³-hybridized carbons (Fsp3) is 0.0909. The van der Waals surface area contributed by atoms with Crippen LogP contribution >= 0.6 is 11.6 Å². The molecule has 4 nitrogen and oxygen atoms in total. The van der Waals surface area contributed by atoms with Gasteiger partial charge in [-0.05, 0) is 37.3 Å². The first-order valence-electron chi connectivity index (χ1n) is 9.09. The van der Waals surface area contributed by atoms with E-state index in [1.807, 2.05) is 0 Å². The van der Waals surface area contributed by atoms with Gasteiger partial charge in [-0.1, -0.05) is 23.7 Å². The van der Waals surface area contributed by atoms with Gasteiger partial charge in [0, 0.05) is 22.5 Å². The van der Waals surface area contributed by atoms with E-state index in [9.17, 15) is 26.7 Å². The zero-order chi connectivity index (χ0) is 23.2. The molecule has 2 heterocycles. The maximum absolute atomic E-state index is 14.0. The Labute approximate surface area is 182 Å². The molecule has 0 aliphatic heterocycles. The second kappa shape index (κ2) is 7.90. The number of aromatic amines is 1. The first-order valence-corrected chi connectivity index (χ1v) is 9.46. The summed E-state index contributed by atoms with van der Waals surface area (Å²) in [6, 6.07) is 10.5. The number of para-hydroxylation sites is 1. The van der Waals surface area contributed by atoms with Gasteiger partial charge in [0.1, 0.15) is 5.75 Å². The topological polar surface area (TPSA) is 55.0 Å². The lowest BCUT2D eigenvalue weighted by atomic mass is 10.1. The Bertz CT molecular complexity index is 1420. The Balaban J connectivity index is 1.96. The van der Waals surface area contributed by atoms with Crippen molar-refractivity contribution in [3.8, 4) is 22.9 Å². The number of nitrogens with one attached hydrogen (secondary N) is 1. The van der Waals surface area contributed by atoms with Crippen LogP contribution in [0, 0.1) is 18.6 Å². The summed E-state index contributed by atoms with van der Waals surface area (Å²) >= 11 is 5.83. The lowest BCUT2D eigenvalue weighted by Crippen LogP contribution is -2.11. The maximum Gasteiger partial charge on any atom is 0.434 e. The number of nitrogens with zero attached hydrogens (tertiary/aromatic N) is 1. The summed E-state index contributed by atoms with van der Waals surface area (Å²) in [6.45, 7) is 1.20. The summed E-state index contributed by atoms with van der Waals surface area (Å²) in [5, 5.41) is -0.364. The molecule has 4 rings (SSSR count). The summed E-state index contributed by atoms with van der Waals surface area (Å²) in [4.78, 5) is 18.9. The lowest BCUT2D eigenvalue weighted by Gasteiger charge is -2.16. The molecule has 0 radical (unpaired) electrons. The number of rotatable bonds is 3. The minimum absolute atomic E-state index is 0.0741. The van der Waals surface area contributed by atoms with Crippen molar-refractivity contribution >= 4 is 22.5 Å². The quantitative estimate of drug-likeness (QED) is 0.344. The second-order valence-electron chi connectivity index (χ2n) is 6.85. The monoisotopic (exact) mass is 466 g/mol. The van der Waals surface area contributed by atoms with Crippen molar-refractivity contribution in [2.45, 2.75) is 13.1 Å². The van der Waals surface area contributed by atoms with E-state index in [0.717, 1.165) is 24.3 Å². The van der Waals surface area contributed by atoms with E-state index in [1.165, 1.54) is 6.92 Å². The summed E-state index contributed by atoms with van der Waals surface area (Å²) in [5.41, 5.74) is -1.68. The van der Waals surface area contributed by atoms with Crippen LogP contribution in [0.4, 0.5) is 22.0 Å². The van der Waals surface area contributed by atoms with E-state index in [2.05, 4.69) is 9.97 Å². The van der Waals surface area contributed by atoms with Gasteiger partial charge < -0.3 is 9.72 Å². The summed E-state index contributed by atoms with van der Waals surface area (Å²) in [6.07, 6.45) is -4.91. The van der Waals surface area contributed by atoms with Crippen molar-refractivity contribution in [3.05, 3.63) is 86.7 Å². The van der Waals surface area contributed by atoms with Gasteiger partial charge in [-0.15, -0.1) is 0 Å². The van der Waals surface area contributed by atoms with E-state index in [-0.39, 0.29) is 22.6 Å². The van der Waals surface area contributed by atoms with Gasteiger partial charge >= 0.3 is 6.18 Å². The summed E-state index contributed by atoms with van der Waals surface area (Å²) in [7, 11) is 0. The first-order chi connectivity index (χ1) is 15.1. The Hall–Kier alpha value is -3.46. The highest BCUT2D eigenvalue weighted by atomic mass is 35.5. The Morgan fingerprint density at radius 2 is 1.78 bits per heavy atom. The van der Waals surface area contributed by atoms with Crippen LogP contribution in [0.1, 0.15) is 11.3 Å². The highest BCUT2D eigenvalue weighted by Gasteiger charge is 2.37. The van der Waals surface area contributed by atoms with E-state index >= 15 is 0 Å². The normalized spacial score (nSPS) is 11.7. The van der Waals surface area contributed by atoms with Gasteiger partial charge in [0.15, 0.2) is 22.8 Å². The standard InChI is InChI=1S/C22H12ClF5N2O2/c1-10-18(7-6-14(24)19(10)25)32-21-12(8-13(23)20(30-21)22(26,27)28)16-9-17(31)11-4-2-3-5-15(11)29-16/h2-9H,1H3,(H,29,31). The molecule has 0 bridgehead atoms. The molecule has 0 aliphatic rings. The molecule has 1 N–H and O–H groups in total. The molecule has 2 aromatic heterocycles. The van der Waals surface area contributed by atoms with Gasteiger partial charge in [-0.3, -0.25) is 4.79 Å². The molecule has 0 aliphatic carbocycles. The molecule has 0 saturated carbocycles. The number of halogens is 6. The van der Waals surface area contributed by atoms with Crippen molar-refractivity contribution < 1.29 is 26.7 Å². The number of alkyl halides is 3. The van der Waals surface area contributed by atoms with Crippen molar-refractivity contribution in [1.82, 2.24) is 9.97 Å². The minimum atomic E-state index is -4.91. The number of aromatic nitrogens is 2. The number of fused-ring (bicyclic) bond motifs is 1. The highest BCUT2D eigenvalue weighted by molar-refractivity contribution is 6.31. The van der Waals surface area contributed by atoms with Crippen LogP contribution in [0.15, 0.2) is 53.3 Å². The average molecular weight is 467 g/mol. The highest BCUT2D eigenvalue weighted by Crippen LogP contribution is 2.41. The summed E-state index contributed by atoms with van der Waals surface area (Å²) in [5.74, 6) is -3.21. The van der Waals surface area contributed by atoms with Gasteiger partial charge in [0.25, 0.3) is 0 Å². The molecule has 0 fully saturated rings. The van der Waals surface area contributed by atoms with Gasteiger partial charge in [0.2, 0.25) is 5.88 Å². The maximum atomic E-state index is 14.0. The number of benzene rings is 2. The Kier molecular flexibility index (Phi) is 5.37. The second-order valence-corrected chi connectivity index (χ2v) is 7.26. The fourth-order valence-electron chi connectivity index (χ4n) is 3.13. The zero-order valence-electron chi connectivity index (χ0n) is 16.2. The third-order valence-electron chi connectivity index (χ3n) is 4.73. The van der Waals surface area contributed by atoms with Gasteiger partial charge in [-0.25, -0.2) is 13.8 Å². The number of H-pyrrole nitrogens is 1. The molecule has 32 heavy (non-hydrogen) atoms. The molecule has 0 unspecified atom stereocenters. The van der Waals surface area contributed by atoms with Crippen molar-refractivity contribution in [3.63, 3.8) is 0 Å². The Morgan fingerprint density at radius 3 is 2.50 bits per heavy atom. The molecule has 0 atom stereocenters. The summed E-state index contributed by atoms with van der Waals surface area (Å²) < 4.78 is 73.1. The zero-order valence-corrected chi connectivity index (χ0v) is 16.9. The number of hydrogen-bond donors (Lipinski definition) is 1. The van der Waals surface area contributed by atoms with Crippen molar-refractivity contribution in [2.75, 3.05) is 0 Å². The van der Waals surface area contributed by atoms with Gasteiger partial charge in [0.05, 0.1) is 16.3 Å². The lowest BCUT2D eigenvalue weighted by molar-refractivity contribution is -0.141. The molecule has 4 aromatic rings. The predicted octanol–water partition coefficient (Wildman–Crippen LogP) is 6.64. The fourth-order valence-corrected chi connectivity index (χ4v) is 3.39. The van der Waals surface area contributed by atoms with E-state index in [1.54, 1.807) is 24.3 Å². The number of ether oxygens (including phenoxy) is 1. The molecule has 0 spiro atoms. The van der Waals surface area contributed by atoms with Crippen LogP contribution in [0.3, 0.4) is 0 Å². The average Bonchev–Trinajstić information content (AvgIpc) is 2.74. The molecule has 10 heteroatoms. The first kappa shape index (κ1) is 21.8. The van der Waals surface area contributed by atoms with Crippen LogP contribution in [0.5, 0.6) is 11.6 Å². The number of hydrogen-bond acceptors (Lipinski definition) is 3.